The van der Waals surface area contributed by atoms with E-state index >= 15 is 0 Å². The molecule has 1 amide bonds. The Morgan fingerprint density at radius 2 is 1.67 bits per heavy atom. The molecule has 0 fully saturated rings. The van der Waals surface area contributed by atoms with Crippen LogP contribution in [-0.2, 0) is 13.0 Å². The molecule has 0 unspecified atom stereocenters. The Hall–Kier alpha value is -3.14. The van der Waals surface area contributed by atoms with Crippen LogP contribution in [0, 0.1) is 0 Å². The van der Waals surface area contributed by atoms with Gasteiger partial charge < -0.3 is 9.88 Å². The van der Waals surface area contributed by atoms with Gasteiger partial charge in [0, 0.05) is 11.9 Å². The number of hydrogen-bond acceptors (Lipinski definition) is 2. The third-order valence-electron chi connectivity index (χ3n) is 4.49. The fraction of sp³-hybridized carbons (Fsp3) is 0.217. The van der Waals surface area contributed by atoms with Gasteiger partial charge >= 0.3 is 0 Å². The van der Waals surface area contributed by atoms with Crippen molar-refractivity contribution >= 4 is 11.6 Å². The Kier molecular flexibility index (Phi) is 6.21. The summed E-state index contributed by atoms with van der Waals surface area (Å²) in [6.07, 6.45) is 5.04. The van der Waals surface area contributed by atoms with Gasteiger partial charge in [-0.05, 0) is 48.2 Å². The van der Waals surface area contributed by atoms with Crippen LogP contribution in [0.3, 0.4) is 0 Å². The van der Waals surface area contributed by atoms with Crippen molar-refractivity contribution in [1.82, 2.24) is 4.57 Å². The Morgan fingerprint density at radius 3 is 2.37 bits per heavy atom. The second-order valence-electron chi connectivity index (χ2n) is 6.60. The van der Waals surface area contributed by atoms with Crippen molar-refractivity contribution in [1.29, 1.82) is 0 Å². The highest BCUT2D eigenvalue weighted by Gasteiger charge is 2.12. The maximum absolute atomic E-state index is 12.7. The molecule has 0 aliphatic rings. The van der Waals surface area contributed by atoms with Crippen molar-refractivity contribution in [2.24, 2.45) is 0 Å². The molecule has 0 aliphatic heterocycles. The van der Waals surface area contributed by atoms with Gasteiger partial charge in [0.15, 0.2) is 0 Å². The first kappa shape index (κ1) is 18.6. The van der Waals surface area contributed by atoms with E-state index in [1.54, 1.807) is 22.9 Å². The van der Waals surface area contributed by atoms with Crippen molar-refractivity contribution in [2.75, 3.05) is 5.32 Å². The first-order valence-electron chi connectivity index (χ1n) is 9.31. The normalized spacial score (nSPS) is 10.6. The second-order valence-corrected chi connectivity index (χ2v) is 6.60. The standard InChI is InChI=1S/C23H24N2O2/c1-2-3-8-18-12-14-20(15-13-18)24-22(26)21-11-7-16-25(23(21)27)17-19-9-5-4-6-10-19/h4-7,9-16H,2-3,8,17H2,1H3,(H,24,26). The van der Waals surface area contributed by atoms with Crippen molar-refractivity contribution in [3.63, 3.8) is 0 Å². The van der Waals surface area contributed by atoms with Gasteiger partial charge in [0.2, 0.25) is 0 Å². The highest BCUT2D eigenvalue weighted by atomic mass is 16.2. The van der Waals surface area contributed by atoms with Crippen molar-refractivity contribution in [3.05, 3.63) is 100.0 Å². The highest BCUT2D eigenvalue weighted by Crippen LogP contribution is 2.12. The molecular weight excluding hydrogens is 336 g/mol. The summed E-state index contributed by atoms with van der Waals surface area (Å²) in [5.74, 6) is -0.385. The molecule has 3 rings (SSSR count). The fourth-order valence-electron chi connectivity index (χ4n) is 2.95. The molecule has 4 nitrogen and oxygen atoms in total. The minimum Gasteiger partial charge on any atom is -0.322 e. The quantitative estimate of drug-likeness (QED) is 0.675. The van der Waals surface area contributed by atoms with E-state index in [2.05, 4.69) is 12.2 Å². The summed E-state index contributed by atoms with van der Waals surface area (Å²) in [6, 6.07) is 20.8. The van der Waals surface area contributed by atoms with Gasteiger partial charge in [-0.2, -0.15) is 0 Å². The predicted molar refractivity (Wildman–Crippen MR) is 109 cm³/mol. The van der Waals surface area contributed by atoms with Gasteiger partial charge in [0.1, 0.15) is 5.56 Å². The molecule has 138 valence electrons. The Bertz CT molecular complexity index is 944. The molecule has 3 aromatic rings. The van der Waals surface area contributed by atoms with E-state index in [9.17, 15) is 9.59 Å². The molecule has 0 atom stereocenters. The number of aryl methyl sites for hydroxylation is 1. The van der Waals surface area contributed by atoms with Crippen molar-refractivity contribution in [3.8, 4) is 0 Å². The topological polar surface area (TPSA) is 51.1 Å². The lowest BCUT2D eigenvalue weighted by atomic mass is 10.1. The molecule has 0 bridgehead atoms. The predicted octanol–water partition coefficient (Wildman–Crippen LogP) is 4.49. The summed E-state index contributed by atoms with van der Waals surface area (Å²) < 4.78 is 1.55. The summed E-state index contributed by atoms with van der Waals surface area (Å²) in [5, 5.41) is 2.82. The SMILES string of the molecule is CCCCc1ccc(NC(=O)c2cccn(Cc3ccccc3)c2=O)cc1. The molecule has 1 N–H and O–H groups in total. The average molecular weight is 360 g/mol. The lowest BCUT2D eigenvalue weighted by molar-refractivity contribution is 0.102. The smallest absolute Gasteiger partial charge is 0.263 e. The number of pyridine rings is 1. The monoisotopic (exact) mass is 360 g/mol. The zero-order valence-corrected chi connectivity index (χ0v) is 15.5. The third kappa shape index (κ3) is 4.94. The number of anilines is 1. The third-order valence-corrected chi connectivity index (χ3v) is 4.49. The zero-order valence-electron chi connectivity index (χ0n) is 15.5. The van der Waals surface area contributed by atoms with E-state index < -0.39 is 0 Å². The minimum absolute atomic E-state index is 0.142. The number of rotatable bonds is 7. The van der Waals surface area contributed by atoms with Gasteiger partial charge in [0.25, 0.3) is 11.5 Å². The second kappa shape index (κ2) is 8.99. The van der Waals surface area contributed by atoms with Gasteiger partial charge in [-0.25, -0.2) is 0 Å². The number of nitrogens with zero attached hydrogens (tertiary/aromatic N) is 1. The molecule has 0 radical (unpaired) electrons. The van der Waals surface area contributed by atoms with Gasteiger partial charge in [-0.15, -0.1) is 0 Å². The molecular formula is C23H24N2O2. The van der Waals surface area contributed by atoms with Gasteiger partial charge in [-0.1, -0.05) is 55.8 Å². The largest absolute Gasteiger partial charge is 0.322 e. The van der Waals surface area contributed by atoms with Crippen LogP contribution >= 0.6 is 0 Å². The lowest BCUT2D eigenvalue weighted by Crippen LogP contribution is -2.29. The van der Waals surface area contributed by atoms with Crippen LogP contribution in [0.25, 0.3) is 0 Å². The lowest BCUT2D eigenvalue weighted by Gasteiger charge is -2.09. The van der Waals surface area contributed by atoms with Gasteiger partial charge in [-0.3, -0.25) is 9.59 Å². The number of nitrogens with one attached hydrogen (secondary N) is 1. The van der Waals surface area contributed by atoms with Crippen LogP contribution in [0.5, 0.6) is 0 Å². The maximum Gasteiger partial charge on any atom is 0.263 e. The summed E-state index contributed by atoms with van der Waals surface area (Å²) in [4.78, 5) is 25.3. The molecule has 0 spiro atoms. The van der Waals surface area contributed by atoms with E-state index in [4.69, 9.17) is 0 Å². The molecule has 1 heterocycles. The fourth-order valence-corrected chi connectivity index (χ4v) is 2.95. The molecule has 0 aliphatic carbocycles. The number of carbonyl (C=O) groups is 1. The van der Waals surface area contributed by atoms with E-state index in [0.29, 0.717) is 12.2 Å². The van der Waals surface area contributed by atoms with E-state index in [1.165, 1.54) is 5.56 Å². The zero-order chi connectivity index (χ0) is 19.1. The maximum atomic E-state index is 12.7. The Labute approximate surface area is 159 Å². The van der Waals surface area contributed by atoms with Crippen LogP contribution in [0.1, 0.15) is 41.3 Å². The van der Waals surface area contributed by atoms with E-state index in [-0.39, 0.29) is 17.0 Å². The number of hydrogen-bond donors (Lipinski definition) is 1. The first-order chi connectivity index (χ1) is 13.2. The van der Waals surface area contributed by atoms with Crippen molar-refractivity contribution < 1.29 is 4.79 Å². The molecule has 0 saturated carbocycles. The van der Waals surface area contributed by atoms with E-state index in [1.807, 2.05) is 54.6 Å². The summed E-state index contributed by atoms with van der Waals surface area (Å²) >= 11 is 0. The molecule has 4 heteroatoms. The number of unbranched alkanes of at least 4 members (excludes halogenated alkanes) is 1. The summed E-state index contributed by atoms with van der Waals surface area (Å²) in [6.45, 7) is 2.60. The van der Waals surface area contributed by atoms with Crippen molar-refractivity contribution in [2.45, 2.75) is 32.7 Å². The molecule has 0 saturated heterocycles. The number of aromatic nitrogens is 1. The Balaban J connectivity index is 1.73. The number of carbonyl (C=O) groups excluding carboxylic acids is 1. The minimum atomic E-state index is -0.385. The highest BCUT2D eigenvalue weighted by molar-refractivity contribution is 6.03. The molecule has 2 aromatic carbocycles. The van der Waals surface area contributed by atoms with Crippen LogP contribution in [0.15, 0.2) is 77.7 Å². The number of amides is 1. The first-order valence-corrected chi connectivity index (χ1v) is 9.31. The summed E-state index contributed by atoms with van der Waals surface area (Å²) in [7, 11) is 0. The van der Waals surface area contributed by atoms with Crippen LogP contribution < -0.4 is 10.9 Å². The molecule has 27 heavy (non-hydrogen) atoms. The van der Waals surface area contributed by atoms with Crippen LogP contribution in [-0.4, -0.2) is 10.5 Å². The number of benzene rings is 2. The summed E-state index contributed by atoms with van der Waals surface area (Å²) in [5.41, 5.74) is 2.81. The van der Waals surface area contributed by atoms with Gasteiger partial charge in [0.05, 0.1) is 6.54 Å². The van der Waals surface area contributed by atoms with E-state index in [0.717, 1.165) is 24.8 Å². The molecule has 1 aromatic heterocycles. The van der Waals surface area contributed by atoms with Crippen LogP contribution in [0.2, 0.25) is 0 Å². The van der Waals surface area contributed by atoms with Crippen LogP contribution in [0.4, 0.5) is 5.69 Å². The Morgan fingerprint density at radius 1 is 0.926 bits per heavy atom. The average Bonchev–Trinajstić information content (AvgIpc) is 2.70.